The van der Waals surface area contributed by atoms with Crippen molar-refractivity contribution in [1.29, 1.82) is 0 Å². The van der Waals surface area contributed by atoms with Crippen LogP contribution in [0.5, 0.6) is 0 Å². The lowest BCUT2D eigenvalue weighted by Crippen LogP contribution is -2.18. The van der Waals surface area contributed by atoms with E-state index in [1.807, 2.05) is 26.0 Å². The molecule has 2 aromatic rings. The minimum absolute atomic E-state index is 0.0857. The van der Waals surface area contributed by atoms with Gasteiger partial charge >= 0.3 is 5.69 Å². The summed E-state index contributed by atoms with van der Waals surface area (Å²) in [5, 5.41) is 7.32. The van der Waals surface area contributed by atoms with Crippen LogP contribution in [0.4, 0.5) is 0 Å². The smallest absolute Gasteiger partial charge is 0.328 e. The quantitative estimate of drug-likeness (QED) is 0.819. The molecule has 21 heavy (non-hydrogen) atoms. The summed E-state index contributed by atoms with van der Waals surface area (Å²) < 4.78 is 2.67. The maximum atomic E-state index is 11.8. The molecule has 3 N–H and O–H groups in total. The van der Waals surface area contributed by atoms with Gasteiger partial charge < -0.3 is 5.73 Å². The molecule has 0 bridgehead atoms. The monoisotopic (exact) mass is 370 g/mol. The predicted molar refractivity (Wildman–Crippen MR) is 88.8 cm³/mol. The van der Waals surface area contributed by atoms with Crippen LogP contribution in [0, 0.1) is 0 Å². The normalized spacial score (nSPS) is 12.6. The third kappa shape index (κ3) is 4.21. The summed E-state index contributed by atoms with van der Waals surface area (Å²) in [5.41, 5.74) is 6.91. The standard InChI is InChI=1S/C14H19BrN4OS/c1-3-6-19-13(20)17-18-14(19)21-12-8-11(15)5-4-10(12)7-9(2)16/h4-5,8-9H,3,6-7,16H2,1-2H3,(H,17,20). The average molecular weight is 371 g/mol. The summed E-state index contributed by atoms with van der Waals surface area (Å²) in [5.74, 6) is 0. The van der Waals surface area contributed by atoms with Crippen LogP contribution in [-0.2, 0) is 13.0 Å². The van der Waals surface area contributed by atoms with E-state index in [0.29, 0.717) is 11.7 Å². The second kappa shape index (κ2) is 7.29. The maximum absolute atomic E-state index is 11.8. The number of aromatic nitrogens is 3. The van der Waals surface area contributed by atoms with E-state index in [0.717, 1.165) is 27.8 Å². The van der Waals surface area contributed by atoms with Gasteiger partial charge in [-0.3, -0.25) is 4.57 Å². The van der Waals surface area contributed by atoms with Crippen LogP contribution in [0.3, 0.4) is 0 Å². The van der Waals surface area contributed by atoms with Gasteiger partial charge in [-0.15, -0.1) is 5.10 Å². The van der Waals surface area contributed by atoms with Crippen LogP contribution >= 0.6 is 27.7 Å². The molecule has 114 valence electrons. The van der Waals surface area contributed by atoms with Crippen molar-refractivity contribution < 1.29 is 0 Å². The lowest BCUT2D eigenvalue weighted by atomic mass is 10.1. The second-order valence-corrected chi connectivity index (χ2v) is 6.92. The van der Waals surface area contributed by atoms with Gasteiger partial charge in [-0.2, -0.15) is 0 Å². The van der Waals surface area contributed by atoms with E-state index < -0.39 is 0 Å². The number of rotatable bonds is 6. The first-order chi connectivity index (χ1) is 10.0. The molecule has 0 radical (unpaired) electrons. The van der Waals surface area contributed by atoms with Gasteiger partial charge in [-0.1, -0.05) is 28.9 Å². The van der Waals surface area contributed by atoms with E-state index in [1.165, 1.54) is 11.8 Å². The number of halogens is 1. The zero-order valence-electron chi connectivity index (χ0n) is 12.1. The van der Waals surface area contributed by atoms with Crippen LogP contribution in [0.1, 0.15) is 25.8 Å². The molecule has 0 spiro atoms. The SMILES string of the molecule is CCCn1c(Sc2cc(Br)ccc2CC(C)N)n[nH]c1=O. The molecular formula is C14H19BrN4OS. The first-order valence-corrected chi connectivity index (χ1v) is 8.49. The number of benzene rings is 1. The molecule has 0 amide bonds. The number of nitrogens with one attached hydrogen (secondary N) is 1. The van der Waals surface area contributed by atoms with E-state index >= 15 is 0 Å². The summed E-state index contributed by atoms with van der Waals surface area (Å²) in [6, 6.07) is 6.19. The highest BCUT2D eigenvalue weighted by atomic mass is 79.9. The molecule has 7 heteroatoms. The van der Waals surface area contributed by atoms with Gasteiger partial charge in [0.2, 0.25) is 0 Å². The minimum Gasteiger partial charge on any atom is -0.328 e. The van der Waals surface area contributed by atoms with Crippen LogP contribution in [0.25, 0.3) is 0 Å². The molecule has 1 aromatic carbocycles. The molecule has 1 aromatic heterocycles. The number of H-pyrrole nitrogens is 1. The molecule has 0 aliphatic heterocycles. The zero-order valence-corrected chi connectivity index (χ0v) is 14.5. The number of aromatic amines is 1. The Morgan fingerprint density at radius 1 is 1.52 bits per heavy atom. The van der Waals surface area contributed by atoms with Crippen LogP contribution in [-0.4, -0.2) is 20.8 Å². The summed E-state index contributed by atoms with van der Waals surface area (Å²) in [4.78, 5) is 12.8. The number of hydrogen-bond donors (Lipinski definition) is 2. The van der Waals surface area contributed by atoms with Crippen LogP contribution in [0.15, 0.2) is 37.5 Å². The van der Waals surface area contributed by atoms with Crippen molar-refractivity contribution in [3.05, 3.63) is 38.7 Å². The lowest BCUT2D eigenvalue weighted by molar-refractivity contribution is 0.603. The first-order valence-electron chi connectivity index (χ1n) is 6.88. The Morgan fingerprint density at radius 3 is 2.95 bits per heavy atom. The number of nitrogens with two attached hydrogens (primary N) is 1. The third-order valence-electron chi connectivity index (χ3n) is 2.94. The molecule has 2 rings (SSSR count). The second-order valence-electron chi connectivity index (χ2n) is 5.00. The Kier molecular flexibility index (Phi) is 5.66. The van der Waals surface area contributed by atoms with E-state index in [1.54, 1.807) is 4.57 Å². The molecule has 5 nitrogen and oxygen atoms in total. The van der Waals surface area contributed by atoms with Crippen molar-refractivity contribution in [2.24, 2.45) is 5.73 Å². The highest BCUT2D eigenvalue weighted by Crippen LogP contribution is 2.31. The molecule has 0 saturated carbocycles. The maximum Gasteiger partial charge on any atom is 0.343 e. The van der Waals surface area contributed by atoms with Crippen molar-refractivity contribution >= 4 is 27.7 Å². The van der Waals surface area contributed by atoms with Crippen molar-refractivity contribution in [3.8, 4) is 0 Å². The topological polar surface area (TPSA) is 76.7 Å². The average Bonchev–Trinajstić information content (AvgIpc) is 2.75. The molecule has 0 aliphatic carbocycles. The fraction of sp³-hybridized carbons (Fsp3) is 0.429. The van der Waals surface area contributed by atoms with Gasteiger partial charge in [-0.05, 0) is 49.2 Å². The summed E-state index contributed by atoms with van der Waals surface area (Å²) in [6.45, 7) is 4.68. The van der Waals surface area contributed by atoms with Crippen LogP contribution < -0.4 is 11.4 Å². The van der Waals surface area contributed by atoms with E-state index in [-0.39, 0.29) is 11.7 Å². The van der Waals surface area contributed by atoms with Crippen LogP contribution in [0.2, 0.25) is 0 Å². The summed E-state index contributed by atoms with van der Waals surface area (Å²) in [6.07, 6.45) is 1.68. The Balaban J connectivity index is 2.34. The largest absolute Gasteiger partial charge is 0.343 e. The van der Waals surface area contributed by atoms with Gasteiger partial charge in [-0.25, -0.2) is 9.89 Å². The minimum atomic E-state index is -0.164. The van der Waals surface area contributed by atoms with Crippen molar-refractivity contribution in [2.45, 2.75) is 49.3 Å². The molecule has 1 heterocycles. The number of hydrogen-bond acceptors (Lipinski definition) is 4. The van der Waals surface area contributed by atoms with Gasteiger partial charge in [0.15, 0.2) is 5.16 Å². The Hall–Kier alpha value is -1.05. The first kappa shape index (κ1) is 16.3. The Bertz CT molecular complexity index is 665. The molecular weight excluding hydrogens is 352 g/mol. The Labute approximate surface area is 136 Å². The fourth-order valence-corrected chi connectivity index (χ4v) is 3.59. The fourth-order valence-electron chi connectivity index (χ4n) is 2.04. The number of nitrogens with zero attached hydrogens (tertiary/aromatic N) is 2. The lowest BCUT2D eigenvalue weighted by Gasteiger charge is -2.12. The van der Waals surface area contributed by atoms with Gasteiger partial charge in [0.1, 0.15) is 0 Å². The molecule has 1 atom stereocenters. The Morgan fingerprint density at radius 2 is 2.29 bits per heavy atom. The van der Waals surface area contributed by atoms with E-state index in [4.69, 9.17) is 5.73 Å². The highest BCUT2D eigenvalue weighted by Gasteiger charge is 2.13. The van der Waals surface area contributed by atoms with Gasteiger partial charge in [0, 0.05) is 22.0 Å². The third-order valence-corrected chi connectivity index (χ3v) is 4.53. The van der Waals surface area contributed by atoms with Crippen molar-refractivity contribution in [3.63, 3.8) is 0 Å². The van der Waals surface area contributed by atoms with Gasteiger partial charge in [0.25, 0.3) is 0 Å². The van der Waals surface area contributed by atoms with Gasteiger partial charge in [0.05, 0.1) is 0 Å². The van der Waals surface area contributed by atoms with E-state index in [2.05, 4.69) is 32.2 Å². The highest BCUT2D eigenvalue weighted by molar-refractivity contribution is 9.10. The molecule has 0 aliphatic rings. The summed E-state index contributed by atoms with van der Waals surface area (Å²) in [7, 11) is 0. The van der Waals surface area contributed by atoms with Crippen molar-refractivity contribution in [2.75, 3.05) is 0 Å². The molecule has 1 unspecified atom stereocenters. The zero-order chi connectivity index (χ0) is 15.4. The van der Waals surface area contributed by atoms with Crippen molar-refractivity contribution in [1.82, 2.24) is 14.8 Å². The molecule has 0 saturated heterocycles. The molecule has 0 fully saturated rings. The predicted octanol–water partition coefficient (Wildman–Crippen LogP) is 2.78. The summed E-state index contributed by atoms with van der Waals surface area (Å²) >= 11 is 4.98. The van der Waals surface area contributed by atoms with E-state index in [9.17, 15) is 4.79 Å².